The Balaban J connectivity index is 2.88. The van der Waals surface area contributed by atoms with Crippen molar-refractivity contribution in [1.82, 2.24) is 4.90 Å². The minimum absolute atomic E-state index is 0.0300. The molecule has 2 amide bonds. The van der Waals surface area contributed by atoms with Gasteiger partial charge in [-0.25, -0.2) is 0 Å². The van der Waals surface area contributed by atoms with Crippen molar-refractivity contribution in [3.63, 3.8) is 0 Å². The molecule has 6 heteroatoms. The summed E-state index contributed by atoms with van der Waals surface area (Å²) in [6.07, 6.45) is 0. The van der Waals surface area contributed by atoms with Crippen molar-refractivity contribution in [2.75, 3.05) is 32.1 Å². The molecule has 1 aromatic rings. The van der Waals surface area contributed by atoms with Crippen LogP contribution in [-0.2, 0) is 9.53 Å². The van der Waals surface area contributed by atoms with Crippen LogP contribution in [0.1, 0.15) is 24.2 Å². The standard InChI is InChI=1S/C14H19ClN2O3/c1-4-17(5-2)14(19)11-7-6-10(8-12(11)15)16-13(18)9-20-3/h6-8H,4-5,9H2,1-3H3,(H,16,18). The van der Waals surface area contributed by atoms with Crippen molar-refractivity contribution in [3.05, 3.63) is 28.8 Å². The van der Waals surface area contributed by atoms with Gasteiger partial charge in [-0.3, -0.25) is 9.59 Å². The van der Waals surface area contributed by atoms with Crippen LogP contribution in [0.3, 0.4) is 0 Å². The number of nitrogens with zero attached hydrogens (tertiary/aromatic N) is 1. The van der Waals surface area contributed by atoms with E-state index in [1.807, 2.05) is 13.8 Å². The Morgan fingerprint density at radius 3 is 2.45 bits per heavy atom. The number of methoxy groups -OCH3 is 1. The fraction of sp³-hybridized carbons (Fsp3) is 0.429. The normalized spacial score (nSPS) is 10.2. The summed E-state index contributed by atoms with van der Waals surface area (Å²) in [6, 6.07) is 4.83. The van der Waals surface area contributed by atoms with E-state index >= 15 is 0 Å². The van der Waals surface area contributed by atoms with Crippen LogP contribution < -0.4 is 5.32 Å². The van der Waals surface area contributed by atoms with Crippen LogP contribution in [0.15, 0.2) is 18.2 Å². The molecule has 0 atom stereocenters. The molecular formula is C14H19ClN2O3. The second-order valence-corrected chi connectivity index (χ2v) is 4.56. The molecule has 20 heavy (non-hydrogen) atoms. The Morgan fingerprint density at radius 2 is 1.95 bits per heavy atom. The SMILES string of the molecule is CCN(CC)C(=O)c1ccc(NC(=O)COC)cc1Cl. The lowest BCUT2D eigenvalue weighted by Gasteiger charge is -2.19. The van der Waals surface area contributed by atoms with E-state index in [0.29, 0.717) is 29.4 Å². The third kappa shape index (κ3) is 4.21. The minimum Gasteiger partial charge on any atom is -0.375 e. The number of ether oxygens (including phenoxy) is 1. The average Bonchev–Trinajstić information content (AvgIpc) is 2.40. The number of carbonyl (C=O) groups is 2. The maximum atomic E-state index is 12.2. The maximum Gasteiger partial charge on any atom is 0.255 e. The predicted molar refractivity (Wildman–Crippen MR) is 79.2 cm³/mol. The Morgan fingerprint density at radius 1 is 1.30 bits per heavy atom. The van der Waals surface area contributed by atoms with Gasteiger partial charge in [0.2, 0.25) is 5.91 Å². The molecule has 0 aromatic heterocycles. The number of halogens is 1. The molecular weight excluding hydrogens is 280 g/mol. The monoisotopic (exact) mass is 298 g/mol. The van der Waals surface area contributed by atoms with Crippen molar-refractivity contribution >= 4 is 29.1 Å². The molecule has 0 aliphatic rings. The Hall–Kier alpha value is -1.59. The summed E-state index contributed by atoms with van der Waals surface area (Å²) in [7, 11) is 1.44. The van der Waals surface area contributed by atoms with Crippen molar-refractivity contribution in [2.24, 2.45) is 0 Å². The first kappa shape index (κ1) is 16.5. The molecule has 0 bridgehead atoms. The fourth-order valence-corrected chi connectivity index (χ4v) is 2.04. The quantitative estimate of drug-likeness (QED) is 0.877. The van der Waals surface area contributed by atoms with Crippen molar-refractivity contribution in [3.8, 4) is 0 Å². The number of hydrogen-bond acceptors (Lipinski definition) is 3. The van der Waals surface area contributed by atoms with Crippen LogP contribution in [0.2, 0.25) is 5.02 Å². The second kappa shape index (κ2) is 7.87. The van der Waals surface area contributed by atoms with Gasteiger partial charge in [-0.05, 0) is 32.0 Å². The summed E-state index contributed by atoms with van der Waals surface area (Å²) in [5, 5.41) is 2.95. The van der Waals surface area contributed by atoms with E-state index in [-0.39, 0.29) is 18.4 Å². The van der Waals surface area contributed by atoms with Gasteiger partial charge in [-0.15, -0.1) is 0 Å². The van der Waals surface area contributed by atoms with Crippen LogP contribution in [0, 0.1) is 0 Å². The van der Waals surface area contributed by atoms with E-state index < -0.39 is 0 Å². The van der Waals surface area contributed by atoms with Gasteiger partial charge in [-0.2, -0.15) is 0 Å². The van der Waals surface area contributed by atoms with Crippen molar-refractivity contribution in [1.29, 1.82) is 0 Å². The average molecular weight is 299 g/mol. The van der Waals surface area contributed by atoms with Crippen molar-refractivity contribution < 1.29 is 14.3 Å². The zero-order valence-corrected chi connectivity index (χ0v) is 12.7. The number of hydrogen-bond donors (Lipinski definition) is 1. The number of rotatable bonds is 6. The highest BCUT2D eigenvalue weighted by atomic mass is 35.5. The van der Waals surface area contributed by atoms with Gasteiger partial charge in [0.05, 0.1) is 10.6 Å². The van der Waals surface area contributed by atoms with E-state index in [2.05, 4.69) is 5.32 Å². The van der Waals surface area contributed by atoms with Crippen LogP contribution in [0.25, 0.3) is 0 Å². The van der Waals surface area contributed by atoms with Gasteiger partial charge >= 0.3 is 0 Å². The lowest BCUT2D eigenvalue weighted by atomic mass is 10.1. The zero-order valence-electron chi connectivity index (χ0n) is 11.9. The molecule has 0 saturated carbocycles. The zero-order chi connectivity index (χ0) is 15.1. The summed E-state index contributed by atoms with van der Waals surface area (Å²) in [5.41, 5.74) is 0.966. The number of amides is 2. The number of carbonyl (C=O) groups excluding carboxylic acids is 2. The third-order valence-electron chi connectivity index (χ3n) is 2.81. The number of benzene rings is 1. The van der Waals surface area contributed by atoms with Crippen LogP contribution in [0.4, 0.5) is 5.69 Å². The van der Waals surface area contributed by atoms with E-state index in [0.717, 1.165) is 0 Å². The van der Waals surface area contributed by atoms with E-state index in [4.69, 9.17) is 16.3 Å². The Labute approximate surface area is 123 Å². The van der Waals surface area contributed by atoms with E-state index in [1.165, 1.54) is 7.11 Å². The highest BCUT2D eigenvalue weighted by molar-refractivity contribution is 6.34. The van der Waals surface area contributed by atoms with E-state index in [1.54, 1.807) is 23.1 Å². The first-order valence-corrected chi connectivity index (χ1v) is 6.78. The number of nitrogens with one attached hydrogen (secondary N) is 1. The topological polar surface area (TPSA) is 58.6 Å². The Bertz CT molecular complexity index is 487. The molecule has 0 aliphatic heterocycles. The first-order chi connectivity index (χ1) is 9.53. The molecule has 1 N–H and O–H groups in total. The third-order valence-corrected chi connectivity index (χ3v) is 3.12. The largest absolute Gasteiger partial charge is 0.375 e. The summed E-state index contributed by atoms with van der Waals surface area (Å²) < 4.78 is 4.72. The highest BCUT2D eigenvalue weighted by Gasteiger charge is 2.16. The van der Waals surface area contributed by atoms with Crippen molar-refractivity contribution in [2.45, 2.75) is 13.8 Å². The molecule has 0 fully saturated rings. The lowest BCUT2D eigenvalue weighted by molar-refractivity contribution is -0.119. The first-order valence-electron chi connectivity index (χ1n) is 6.41. The van der Waals surface area contributed by atoms with Gasteiger partial charge in [0.1, 0.15) is 6.61 Å². The van der Waals surface area contributed by atoms with Crippen LogP contribution >= 0.6 is 11.6 Å². The smallest absolute Gasteiger partial charge is 0.255 e. The molecule has 0 heterocycles. The molecule has 0 saturated heterocycles. The highest BCUT2D eigenvalue weighted by Crippen LogP contribution is 2.22. The predicted octanol–water partition coefficient (Wildman–Crippen LogP) is 2.41. The molecule has 0 unspecified atom stereocenters. The van der Waals surface area contributed by atoms with Crippen LogP contribution in [0.5, 0.6) is 0 Å². The number of anilines is 1. The molecule has 0 radical (unpaired) electrons. The van der Waals surface area contributed by atoms with E-state index in [9.17, 15) is 9.59 Å². The lowest BCUT2D eigenvalue weighted by Crippen LogP contribution is -2.30. The fourth-order valence-electron chi connectivity index (χ4n) is 1.78. The van der Waals surface area contributed by atoms with Gasteiger partial charge in [0.25, 0.3) is 5.91 Å². The summed E-state index contributed by atoms with van der Waals surface area (Å²) in [6.45, 7) is 5.04. The molecule has 0 spiro atoms. The Kier molecular flexibility index (Phi) is 6.48. The summed E-state index contributed by atoms with van der Waals surface area (Å²) >= 11 is 6.11. The van der Waals surface area contributed by atoms with Gasteiger partial charge in [0, 0.05) is 25.9 Å². The molecule has 1 rings (SSSR count). The second-order valence-electron chi connectivity index (χ2n) is 4.15. The summed E-state index contributed by atoms with van der Waals surface area (Å²) in [5.74, 6) is -0.388. The molecule has 110 valence electrons. The minimum atomic E-state index is -0.272. The summed E-state index contributed by atoms with van der Waals surface area (Å²) in [4.78, 5) is 25.3. The maximum absolute atomic E-state index is 12.2. The molecule has 1 aromatic carbocycles. The molecule has 5 nitrogen and oxygen atoms in total. The van der Waals surface area contributed by atoms with Gasteiger partial charge in [-0.1, -0.05) is 11.6 Å². The van der Waals surface area contributed by atoms with Gasteiger partial charge < -0.3 is 15.0 Å². The van der Waals surface area contributed by atoms with Crippen LogP contribution in [-0.4, -0.2) is 43.5 Å². The molecule has 0 aliphatic carbocycles. The van der Waals surface area contributed by atoms with Gasteiger partial charge in [0.15, 0.2) is 0 Å².